The van der Waals surface area contributed by atoms with E-state index >= 15 is 0 Å². The third-order valence-corrected chi connectivity index (χ3v) is 8.85. The van der Waals surface area contributed by atoms with Gasteiger partial charge in [0.15, 0.2) is 0 Å². The van der Waals surface area contributed by atoms with Gasteiger partial charge < -0.3 is 20.0 Å². The molecule has 0 radical (unpaired) electrons. The van der Waals surface area contributed by atoms with Crippen LogP contribution in [0.4, 0.5) is 11.4 Å². The summed E-state index contributed by atoms with van der Waals surface area (Å²) in [5, 5.41) is 22.4. The summed E-state index contributed by atoms with van der Waals surface area (Å²) in [6.45, 7) is 3.07. The van der Waals surface area contributed by atoms with Crippen molar-refractivity contribution in [1.29, 1.82) is 0 Å². The fourth-order valence-corrected chi connectivity index (χ4v) is 6.33. The molecule has 0 amide bonds. The fourth-order valence-electron chi connectivity index (χ4n) is 6.33. The summed E-state index contributed by atoms with van der Waals surface area (Å²) in [6.07, 6.45) is 0. The van der Waals surface area contributed by atoms with Crippen LogP contribution in [0.1, 0.15) is 33.4 Å². The highest BCUT2D eigenvalue weighted by Gasteiger charge is 2.31. The van der Waals surface area contributed by atoms with Crippen molar-refractivity contribution in [3.05, 3.63) is 215 Å². The maximum atomic E-state index is 11.2. The van der Waals surface area contributed by atoms with Crippen LogP contribution in [0.15, 0.2) is 181 Å². The minimum absolute atomic E-state index is 0.115. The standard InChI is InChI=1S/C44H38N2O2/c47-43-41(37-21-25-39(26-22-37)45(29-33-13-5-1-6-14-33)30-34-15-7-2-8-16-34)44(48)42(43)38-23-27-40(28-24-38)46(31-35-17-9-3-10-18-35)32-36-19-11-4-12-20-36/h1-28,47-48H,29-32H2. The van der Waals surface area contributed by atoms with Gasteiger partial charge in [-0.1, -0.05) is 146 Å². The molecule has 0 saturated carbocycles. The number of hydrogen-bond donors (Lipinski definition) is 2. The van der Waals surface area contributed by atoms with Crippen LogP contribution in [0, 0.1) is 0 Å². The first kappa shape index (κ1) is 30.6. The Hall–Kier alpha value is -6.00. The van der Waals surface area contributed by atoms with Gasteiger partial charge in [0.1, 0.15) is 11.5 Å². The second-order valence-electron chi connectivity index (χ2n) is 12.2. The van der Waals surface area contributed by atoms with Crippen molar-refractivity contribution in [2.45, 2.75) is 26.2 Å². The number of nitrogens with zero attached hydrogens (tertiary/aromatic N) is 2. The van der Waals surface area contributed by atoms with Crippen molar-refractivity contribution in [3.8, 4) is 0 Å². The van der Waals surface area contributed by atoms with Crippen LogP contribution in [0.25, 0.3) is 11.1 Å². The molecule has 0 heterocycles. The highest BCUT2D eigenvalue weighted by Crippen LogP contribution is 2.45. The summed E-state index contributed by atoms with van der Waals surface area (Å²) in [5.41, 5.74) is 9.60. The molecule has 0 spiro atoms. The average molecular weight is 627 g/mol. The maximum Gasteiger partial charge on any atom is 0.138 e. The molecule has 0 unspecified atom stereocenters. The van der Waals surface area contributed by atoms with Crippen molar-refractivity contribution in [2.24, 2.45) is 0 Å². The van der Waals surface area contributed by atoms with Gasteiger partial charge in [0, 0.05) is 37.6 Å². The first-order valence-corrected chi connectivity index (χ1v) is 16.4. The molecule has 7 rings (SSSR count). The van der Waals surface area contributed by atoms with E-state index in [1.54, 1.807) is 0 Å². The summed E-state index contributed by atoms with van der Waals surface area (Å²) in [6, 6.07) is 58.0. The van der Waals surface area contributed by atoms with E-state index in [2.05, 4.69) is 131 Å². The SMILES string of the molecule is OC1=C(c2ccc(N(Cc3ccccc3)Cc3ccccc3)cc2)C(O)=C1c1ccc(N(Cc2ccccc2)Cc2ccccc2)cc1. The number of aliphatic hydroxyl groups is 2. The van der Waals surface area contributed by atoms with Gasteiger partial charge in [-0.3, -0.25) is 0 Å². The van der Waals surface area contributed by atoms with Crippen molar-refractivity contribution >= 4 is 22.5 Å². The topological polar surface area (TPSA) is 46.9 Å². The normalized spacial score (nSPS) is 12.5. The summed E-state index contributed by atoms with van der Waals surface area (Å²) in [5.74, 6) is 0.229. The smallest absolute Gasteiger partial charge is 0.138 e. The van der Waals surface area contributed by atoms with Gasteiger partial charge in [0.05, 0.1) is 11.1 Å². The van der Waals surface area contributed by atoms with Gasteiger partial charge >= 0.3 is 0 Å². The van der Waals surface area contributed by atoms with Crippen LogP contribution in [-0.2, 0) is 26.2 Å². The molecule has 1 aliphatic carbocycles. The maximum absolute atomic E-state index is 11.2. The Bertz CT molecular complexity index is 1760. The molecule has 6 aromatic carbocycles. The van der Waals surface area contributed by atoms with Gasteiger partial charge in [-0.15, -0.1) is 0 Å². The van der Waals surface area contributed by atoms with E-state index in [0.29, 0.717) is 11.1 Å². The van der Waals surface area contributed by atoms with Gasteiger partial charge in [-0.05, 0) is 57.6 Å². The Morgan fingerprint density at radius 1 is 0.312 bits per heavy atom. The van der Waals surface area contributed by atoms with E-state index in [4.69, 9.17) is 0 Å². The minimum atomic E-state index is 0.115. The molecule has 1 aliphatic rings. The number of rotatable bonds is 12. The van der Waals surface area contributed by atoms with Crippen LogP contribution >= 0.6 is 0 Å². The van der Waals surface area contributed by atoms with Crippen molar-refractivity contribution in [2.75, 3.05) is 9.80 Å². The zero-order valence-electron chi connectivity index (χ0n) is 26.8. The first-order valence-electron chi connectivity index (χ1n) is 16.4. The highest BCUT2D eigenvalue weighted by atomic mass is 16.3. The van der Waals surface area contributed by atoms with Crippen molar-refractivity contribution in [3.63, 3.8) is 0 Å². The van der Waals surface area contributed by atoms with E-state index in [1.165, 1.54) is 22.3 Å². The van der Waals surface area contributed by atoms with Gasteiger partial charge in [-0.2, -0.15) is 0 Å². The van der Waals surface area contributed by atoms with Gasteiger partial charge in [0.25, 0.3) is 0 Å². The number of benzene rings is 6. The molecule has 6 aromatic rings. The molecule has 236 valence electrons. The molecule has 0 aliphatic heterocycles. The van der Waals surface area contributed by atoms with Gasteiger partial charge in [0.2, 0.25) is 0 Å². The van der Waals surface area contributed by atoms with Crippen LogP contribution in [0.3, 0.4) is 0 Å². The number of hydrogen-bond acceptors (Lipinski definition) is 4. The van der Waals surface area contributed by atoms with Crippen molar-refractivity contribution in [1.82, 2.24) is 0 Å². The summed E-state index contributed by atoms with van der Waals surface area (Å²) in [4.78, 5) is 4.68. The van der Waals surface area contributed by atoms with E-state index in [9.17, 15) is 10.2 Å². The van der Waals surface area contributed by atoms with Gasteiger partial charge in [-0.25, -0.2) is 0 Å². The second-order valence-corrected chi connectivity index (χ2v) is 12.2. The molecule has 4 nitrogen and oxygen atoms in total. The predicted molar refractivity (Wildman–Crippen MR) is 198 cm³/mol. The zero-order chi connectivity index (χ0) is 32.7. The molecular formula is C44H38N2O2. The molecule has 0 saturated heterocycles. The Morgan fingerprint density at radius 3 is 0.812 bits per heavy atom. The number of anilines is 2. The number of aliphatic hydroxyl groups excluding tert-OH is 2. The third-order valence-electron chi connectivity index (χ3n) is 8.85. The summed E-state index contributed by atoms with van der Waals surface area (Å²) in [7, 11) is 0. The third kappa shape index (κ3) is 6.89. The predicted octanol–water partition coefficient (Wildman–Crippen LogP) is 10.4. The second kappa shape index (κ2) is 14.2. The fraction of sp³-hybridized carbons (Fsp3) is 0.0909. The molecule has 2 N–H and O–H groups in total. The summed E-state index contributed by atoms with van der Waals surface area (Å²) < 4.78 is 0. The number of allylic oxidation sites excluding steroid dienone is 2. The van der Waals surface area contributed by atoms with E-state index < -0.39 is 0 Å². The Balaban J connectivity index is 1.09. The van der Waals surface area contributed by atoms with Crippen LogP contribution in [0.5, 0.6) is 0 Å². The lowest BCUT2D eigenvalue weighted by Gasteiger charge is -2.28. The van der Waals surface area contributed by atoms with E-state index in [1.807, 2.05) is 48.5 Å². The first-order chi connectivity index (χ1) is 23.6. The zero-order valence-corrected chi connectivity index (χ0v) is 26.8. The molecular weight excluding hydrogens is 588 g/mol. The lowest BCUT2D eigenvalue weighted by Crippen LogP contribution is -2.22. The van der Waals surface area contributed by atoms with Crippen LogP contribution in [0.2, 0.25) is 0 Å². The molecule has 4 heteroatoms. The lowest BCUT2D eigenvalue weighted by molar-refractivity contribution is 0.390. The molecule has 0 atom stereocenters. The highest BCUT2D eigenvalue weighted by molar-refractivity contribution is 6.06. The summed E-state index contributed by atoms with van der Waals surface area (Å²) >= 11 is 0. The minimum Gasteiger partial charge on any atom is -0.506 e. The molecule has 0 bridgehead atoms. The molecule has 0 aromatic heterocycles. The lowest BCUT2D eigenvalue weighted by atomic mass is 9.84. The largest absolute Gasteiger partial charge is 0.506 e. The molecule has 0 fully saturated rings. The monoisotopic (exact) mass is 626 g/mol. The average Bonchev–Trinajstić information content (AvgIpc) is 3.14. The van der Waals surface area contributed by atoms with Crippen molar-refractivity contribution < 1.29 is 10.2 Å². The Morgan fingerprint density at radius 2 is 0.562 bits per heavy atom. The quantitative estimate of drug-likeness (QED) is 0.142. The van der Waals surface area contributed by atoms with Crippen LogP contribution in [-0.4, -0.2) is 10.2 Å². The Kier molecular flexibility index (Phi) is 9.06. The Labute approximate surface area is 282 Å². The molecule has 48 heavy (non-hydrogen) atoms. The van der Waals surface area contributed by atoms with E-state index in [0.717, 1.165) is 48.7 Å². The van der Waals surface area contributed by atoms with E-state index in [-0.39, 0.29) is 11.5 Å². The van der Waals surface area contributed by atoms with Crippen LogP contribution < -0.4 is 9.80 Å².